The van der Waals surface area contributed by atoms with Gasteiger partial charge in [0.2, 0.25) is 0 Å². The topological polar surface area (TPSA) is 52.6 Å². The van der Waals surface area contributed by atoms with Crippen LogP contribution in [0.3, 0.4) is 0 Å². The van der Waals surface area contributed by atoms with E-state index < -0.39 is 12.0 Å². The molecule has 0 aliphatic carbocycles. The predicted molar refractivity (Wildman–Crippen MR) is 62.1 cm³/mol. The van der Waals surface area contributed by atoms with Crippen molar-refractivity contribution in [3.63, 3.8) is 0 Å². The molecule has 0 bridgehead atoms. The van der Waals surface area contributed by atoms with Crippen molar-refractivity contribution >= 4 is 5.97 Å². The van der Waals surface area contributed by atoms with E-state index in [1.54, 1.807) is 7.05 Å². The molecule has 0 aliphatic heterocycles. The second kappa shape index (κ2) is 7.65. The predicted octanol–water partition coefficient (Wildman–Crippen LogP) is 1.17. The van der Waals surface area contributed by atoms with Gasteiger partial charge in [0.05, 0.1) is 0 Å². The maximum absolute atomic E-state index is 10.8. The van der Waals surface area contributed by atoms with Gasteiger partial charge in [-0.2, -0.15) is 0 Å². The summed E-state index contributed by atoms with van der Waals surface area (Å²) in [4.78, 5) is 13.0. The van der Waals surface area contributed by atoms with Gasteiger partial charge in [-0.05, 0) is 33.9 Å². The Labute approximate surface area is 92.7 Å². The zero-order chi connectivity index (χ0) is 11.8. The lowest BCUT2D eigenvalue weighted by Crippen LogP contribution is -2.39. The summed E-state index contributed by atoms with van der Waals surface area (Å²) in [6.07, 6.45) is 2.98. The minimum atomic E-state index is -0.769. The summed E-state index contributed by atoms with van der Waals surface area (Å²) in [6, 6.07) is 0.0996. The van der Waals surface area contributed by atoms with Crippen LogP contribution in [0.25, 0.3) is 0 Å². The van der Waals surface area contributed by atoms with Gasteiger partial charge in [0.1, 0.15) is 6.04 Å². The van der Waals surface area contributed by atoms with Gasteiger partial charge in [0.15, 0.2) is 0 Å². The van der Waals surface area contributed by atoms with Crippen molar-refractivity contribution < 1.29 is 9.90 Å². The fourth-order valence-corrected chi connectivity index (χ4v) is 1.58. The highest BCUT2D eigenvalue weighted by molar-refractivity contribution is 5.73. The molecule has 2 N–H and O–H groups in total. The molecule has 0 saturated heterocycles. The Morgan fingerprint density at radius 2 is 2.07 bits per heavy atom. The van der Waals surface area contributed by atoms with Crippen LogP contribution in [0.5, 0.6) is 0 Å². The van der Waals surface area contributed by atoms with Crippen LogP contribution in [-0.2, 0) is 4.79 Å². The van der Waals surface area contributed by atoms with Gasteiger partial charge < -0.3 is 15.3 Å². The van der Waals surface area contributed by atoms with Gasteiger partial charge in [0, 0.05) is 12.6 Å². The Hall–Kier alpha value is -0.610. The molecule has 0 spiro atoms. The van der Waals surface area contributed by atoms with Crippen molar-refractivity contribution in [1.29, 1.82) is 0 Å². The second-order valence-corrected chi connectivity index (χ2v) is 4.09. The number of hydrogen-bond acceptors (Lipinski definition) is 3. The van der Waals surface area contributed by atoms with Crippen molar-refractivity contribution in [3.8, 4) is 0 Å². The Kier molecular flexibility index (Phi) is 7.34. The summed E-state index contributed by atoms with van der Waals surface area (Å²) in [5.41, 5.74) is 0. The Morgan fingerprint density at radius 3 is 2.47 bits per heavy atom. The number of carboxylic acid groups (broad SMARTS) is 1. The molecule has 0 heterocycles. The number of nitrogens with zero attached hydrogens (tertiary/aromatic N) is 1. The van der Waals surface area contributed by atoms with Crippen molar-refractivity contribution in [3.05, 3.63) is 0 Å². The van der Waals surface area contributed by atoms with Gasteiger partial charge in [-0.25, -0.2) is 0 Å². The molecule has 0 fully saturated rings. The zero-order valence-electron chi connectivity index (χ0n) is 10.3. The minimum absolute atomic E-state index is 0.429. The lowest BCUT2D eigenvalue weighted by Gasteiger charge is -2.25. The summed E-state index contributed by atoms with van der Waals surface area (Å²) in [5.74, 6) is -0.769. The Bertz CT molecular complexity index is 185. The van der Waals surface area contributed by atoms with Crippen LogP contribution in [-0.4, -0.2) is 48.7 Å². The molecular formula is C11H24N2O2. The summed E-state index contributed by atoms with van der Waals surface area (Å²) in [6.45, 7) is 5.16. The molecule has 4 heteroatoms. The third-order valence-electron chi connectivity index (χ3n) is 2.88. The van der Waals surface area contributed by atoms with Gasteiger partial charge in [-0.3, -0.25) is 4.79 Å². The van der Waals surface area contributed by atoms with Crippen LogP contribution in [0.4, 0.5) is 0 Å². The molecule has 0 aliphatic rings. The fourth-order valence-electron chi connectivity index (χ4n) is 1.58. The molecule has 0 radical (unpaired) electrons. The molecule has 2 atom stereocenters. The molecule has 0 aromatic rings. The highest BCUT2D eigenvalue weighted by Gasteiger charge is 2.16. The summed E-state index contributed by atoms with van der Waals surface area (Å²) >= 11 is 0. The first-order valence-electron chi connectivity index (χ1n) is 5.63. The SMILES string of the molecule is CCCC(C)N(C)CCC(NC)C(=O)O. The van der Waals surface area contributed by atoms with E-state index in [2.05, 4.69) is 31.1 Å². The standard InChI is InChI=1S/C11H24N2O2/c1-5-6-9(2)13(4)8-7-10(12-3)11(14)15/h9-10,12H,5-8H2,1-4H3,(H,14,15). The number of nitrogens with one attached hydrogen (secondary N) is 1. The van der Waals surface area contributed by atoms with E-state index in [9.17, 15) is 4.79 Å². The van der Waals surface area contributed by atoms with Crippen LogP contribution in [0.1, 0.15) is 33.1 Å². The highest BCUT2D eigenvalue weighted by Crippen LogP contribution is 2.05. The first kappa shape index (κ1) is 14.4. The van der Waals surface area contributed by atoms with E-state index in [0.29, 0.717) is 12.5 Å². The zero-order valence-corrected chi connectivity index (χ0v) is 10.3. The van der Waals surface area contributed by atoms with Gasteiger partial charge in [0.25, 0.3) is 0 Å². The van der Waals surface area contributed by atoms with E-state index in [0.717, 1.165) is 13.0 Å². The third kappa shape index (κ3) is 5.74. The third-order valence-corrected chi connectivity index (χ3v) is 2.88. The maximum atomic E-state index is 10.8. The minimum Gasteiger partial charge on any atom is -0.480 e. The monoisotopic (exact) mass is 216 g/mol. The van der Waals surface area contributed by atoms with Gasteiger partial charge in [-0.1, -0.05) is 13.3 Å². The number of carbonyl (C=O) groups is 1. The largest absolute Gasteiger partial charge is 0.480 e. The Morgan fingerprint density at radius 1 is 1.47 bits per heavy atom. The van der Waals surface area contributed by atoms with Crippen molar-refractivity contribution in [2.45, 2.75) is 45.2 Å². The molecule has 0 aromatic carbocycles. The molecule has 0 rings (SSSR count). The first-order valence-corrected chi connectivity index (χ1v) is 5.63. The van der Waals surface area contributed by atoms with Gasteiger partial charge in [-0.15, -0.1) is 0 Å². The van der Waals surface area contributed by atoms with Crippen molar-refractivity contribution in [2.75, 3.05) is 20.6 Å². The first-order chi connectivity index (χ1) is 7.02. The van der Waals surface area contributed by atoms with E-state index in [1.807, 2.05) is 0 Å². The quantitative estimate of drug-likeness (QED) is 0.639. The normalized spacial score (nSPS) is 15.3. The van der Waals surface area contributed by atoms with Crippen LogP contribution in [0.2, 0.25) is 0 Å². The van der Waals surface area contributed by atoms with Crippen molar-refractivity contribution in [1.82, 2.24) is 10.2 Å². The lowest BCUT2D eigenvalue weighted by molar-refractivity contribution is -0.139. The summed E-state index contributed by atoms with van der Waals surface area (Å²) in [7, 11) is 3.74. The number of hydrogen-bond donors (Lipinski definition) is 2. The van der Waals surface area contributed by atoms with Crippen LogP contribution in [0.15, 0.2) is 0 Å². The molecule has 15 heavy (non-hydrogen) atoms. The number of likely N-dealkylation sites (N-methyl/N-ethyl adjacent to an activating group) is 1. The molecule has 90 valence electrons. The maximum Gasteiger partial charge on any atom is 0.320 e. The smallest absolute Gasteiger partial charge is 0.320 e. The molecule has 0 saturated carbocycles. The summed E-state index contributed by atoms with van der Waals surface area (Å²) < 4.78 is 0. The number of carboxylic acids is 1. The number of aliphatic carboxylic acids is 1. The molecule has 0 amide bonds. The van der Waals surface area contributed by atoms with E-state index >= 15 is 0 Å². The highest BCUT2D eigenvalue weighted by atomic mass is 16.4. The lowest BCUT2D eigenvalue weighted by atomic mass is 10.1. The fraction of sp³-hybridized carbons (Fsp3) is 0.909. The average Bonchev–Trinajstić information content (AvgIpc) is 2.18. The van der Waals surface area contributed by atoms with Crippen LogP contribution >= 0.6 is 0 Å². The average molecular weight is 216 g/mol. The number of rotatable bonds is 8. The summed E-state index contributed by atoms with van der Waals surface area (Å²) in [5, 5.41) is 11.6. The van der Waals surface area contributed by atoms with Crippen molar-refractivity contribution in [2.24, 2.45) is 0 Å². The molecule has 0 aromatic heterocycles. The van der Waals surface area contributed by atoms with E-state index in [-0.39, 0.29) is 0 Å². The van der Waals surface area contributed by atoms with Gasteiger partial charge >= 0.3 is 5.97 Å². The molecular weight excluding hydrogens is 192 g/mol. The van der Waals surface area contributed by atoms with E-state index in [4.69, 9.17) is 5.11 Å². The second-order valence-electron chi connectivity index (χ2n) is 4.09. The van der Waals surface area contributed by atoms with E-state index in [1.165, 1.54) is 6.42 Å². The molecule has 4 nitrogen and oxygen atoms in total. The van der Waals surface area contributed by atoms with Crippen LogP contribution in [0, 0.1) is 0 Å². The van der Waals surface area contributed by atoms with Crippen LogP contribution < -0.4 is 5.32 Å². The Balaban J connectivity index is 3.86. The molecule has 2 unspecified atom stereocenters.